The number of nitriles is 2. The van der Waals surface area contributed by atoms with Gasteiger partial charge in [-0.1, -0.05) is 24.3 Å². The molecule has 1 atom stereocenters. The van der Waals surface area contributed by atoms with Gasteiger partial charge in [0, 0.05) is 9.79 Å². The smallest absolute Gasteiger partial charge is 0.274 e. The van der Waals surface area contributed by atoms with E-state index >= 15 is 0 Å². The SMILES string of the molecule is CSc1ccc(C=c2sc3n(c2=O)C(N)=C(C#N)C(c2ccc(SC)cc2)C=3C#N)cc1. The summed E-state index contributed by atoms with van der Waals surface area (Å²) in [5.41, 5.74) is 8.24. The number of rotatable bonds is 4. The van der Waals surface area contributed by atoms with E-state index in [1.807, 2.05) is 61.0 Å². The van der Waals surface area contributed by atoms with Gasteiger partial charge in [-0.05, 0) is 54.0 Å². The van der Waals surface area contributed by atoms with E-state index in [0.717, 1.165) is 20.9 Å². The second-order valence-electron chi connectivity index (χ2n) is 6.97. The van der Waals surface area contributed by atoms with Crippen molar-refractivity contribution in [3.8, 4) is 12.1 Å². The fourth-order valence-electron chi connectivity index (χ4n) is 3.63. The van der Waals surface area contributed by atoms with Crippen LogP contribution in [0.25, 0.3) is 17.5 Å². The second-order valence-corrected chi connectivity index (χ2v) is 9.76. The summed E-state index contributed by atoms with van der Waals surface area (Å²) in [5, 5.41) is 19.9. The summed E-state index contributed by atoms with van der Waals surface area (Å²) in [6.07, 6.45) is 5.78. The third-order valence-electron chi connectivity index (χ3n) is 5.25. The first-order chi connectivity index (χ1) is 15.5. The van der Waals surface area contributed by atoms with Crippen LogP contribution >= 0.6 is 34.9 Å². The Labute approximate surface area is 197 Å². The van der Waals surface area contributed by atoms with Crippen molar-refractivity contribution in [3.05, 3.63) is 84.8 Å². The van der Waals surface area contributed by atoms with Gasteiger partial charge >= 0.3 is 0 Å². The molecule has 2 N–H and O–H groups in total. The number of thioether (sulfide) groups is 2. The number of benzene rings is 2. The zero-order chi connectivity index (χ0) is 22.8. The van der Waals surface area contributed by atoms with Crippen LogP contribution in [0.5, 0.6) is 0 Å². The van der Waals surface area contributed by atoms with E-state index in [-0.39, 0.29) is 17.0 Å². The van der Waals surface area contributed by atoms with Gasteiger partial charge in [0.25, 0.3) is 5.56 Å². The predicted octanol–water partition coefficient (Wildman–Crippen LogP) is 3.30. The summed E-state index contributed by atoms with van der Waals surface area (Å²) in [5.74, 6) is -0.522. The molecule has 0 amide bonds. The van der Waals surface area contributed by atoms with Gasteiger partial charge in [0.2, 0.25) is 0 Å². The van der Waals surface area contributed by atoms with Gasteiger partial charge in [0.1, 0.15) is 10.5 Å². The standard InChI is InChI=1S/C24H18N4OS3/c1-30-16-7-3-14(4-8-16)11-20-23(29)28-22(27)18(12-25)21(19(13-26)24(28)32-20)15-5-9-17(31-2)10-6-15/h3-11,21H,27H2,1-2H3. The summed E-state index contributed by atoms with van der Waals surface area (Å²) < 4.78 is 2.24. The Morgan fingerprint density at radius 3 is 2.06 bits per heavy atom. The predicted molar refractivity (Wildman–Crippen MR) is 133 cm³/mol. The van der Waals surface area contributed by atoms with Crippen molar-refractivity contribution in [2.75, 3.05) is 12.5 Å². The molecule has 32 heavy (non-hydrogen) atoms. The van der Waals surface area contributed by atoms with E-state index in [1.54, 1.807) is 29.6 Å². The van der Waals surface area contributed by atoms with Gasteiger partial charge in [0.05, 0.1) is 33.7 Å². The van der Waals surface area contributed by atoms with Gasteiger partial charge in [-0.25, -0.2) is 0 Å². The lowest BCUT2D eigenvalue weighted by Crippen LogP contribution is -2.38. The van der Waals surface area contributed by atoms with Crippen LogP contribution in [-0.2, 0) is 0 Å². The lowest BCUT2D eigenvalue weighted by atomic mass is 9.84. The maximum atomic E-state index is 13.2. The van der Waals surface area contributed by atoms with Crippen LogP contribution in [-0.4, -0.2) is 17.1 Å². The molecule has 1 aromatic heterocycles. The minimum atomic E-state index is -0.604. The normalized spacial score (nSPS) is 15.9. The lowest BCUT2D eigenvalue weighted by molar-refractivity contribution is 0.905. The highest BCUT2D eigenvalue weighted by molar-refractivity contribution is 7.98. The Morgan fingerprint density at radius 1 is 0.969 bits per heavy atom. The zero-order valence-electron chi connectivity index (χ0n) is 17.3. The highest BCUT2D eigenvalue weighted by Crippen LogP contribution is 2.36. The molecular weight excluding hydrogens is 456 g/mol. The first-order valence-corrected chi connectivity index (χ1v) is 12.8. The number of fused-ring (bicyclic) bond motifs is 1. The van der Waals surface area contributed by atoms with Crippen LogP contribution in [0.15, 0.2) is 68.7 Å². The van der Waals surface area contributed by atoms with Gasteiger partial charge in [-0.15, -0.1) is 34.9 Å². The van der Waals surface area contributed by atoms with Gasteiger partial charge in [-0.2, -0.15) is 10.5 Å². The Balaban J connectivity index is 1.97. The minimum Gasteiger partial charge on any atom is -0.384 e. The molecule has 4 rings (SSSR count). The molecule has 0 saturated heterocycles. The number of nitrogens with two attached hydrogens (primary N) is 1. The van der Waals surface area contributed by atoms with Crippen LogP contribution in [0.2, 0.25) is 0 Å². The summed E-state index contributed by atoms with van der Waals surface area (Å²) in [4.78, 5) is 15.4. The van der Waals surface area contributed by atoms with Crippen LogP contribution in [0.4, 0.5) is 0 Å². The van der Waals surface area contributed by atoms with Crippen LogP contribution in [0.3, 0.4) is 0 Å². The fourth-order valence-corrected chi connectivity index (χ4v) is 5.58. The molecule has 0 radical (unpaired) electrons. The molecule has 2 aromatic carbocycles. The van der Waals surface area contributed by atoms with E-state index < -0.39 is 5.92 Å². The molecule has 0 fully saturated rings. The average molecular weight is 475 g/mol. The van der Waals surface area contributed by atoms with Gasteiger partial charge in [-0.3, -0.25) is 9.36 Å². The molecule has 0 saturated carbocycles. The number of nitrogens with zero attached hydrogens (tertiary/aromatic N) is 3. The summed E-state index contributed by atoms with van der Waals surface area (Å²) in [6, 6.07) is 20.0. The Hall–Kier alpha value is -3.17. The third-order valence-corrected chi connectivity index (χ3v) is 7.85. The Kier molecular flexibility index (Phi) is 6.29. The highest BCUT2D eigenvalue weighted by Gasteiger charge is 2.32. The molecule has 2 heterocycles. The van der Waals surface area contributed by atoms with Crippen molar-refractivity contribution in [1.29, 1.82) is 10.5 Å². The molecule has 0 bridgehead atoms. The number of aromatic nitrogens is 1. The molecule has 1 aliphatic rings. The third kappa shape index (κ3) is 3.78. The van der Waals surface area contributed by atoms with E-state index in [2.05, 4.69) is 12.1 Å². The number of allylic oxidation sites excluding steroid dienone is 1. The highest BCUT2D eigenvalue weighted by atomic mass is 32.2. The number of hydrogen-bond acceptors (Lipinski definition) is 7. The first-order valence-electron chi connectivity index (χ1n) is 9.58. The molecule has 3 aromatic rings. The van der Waals surface area contributed by atoms with Crippen molar-refractivity contribution in [2.24, 2.45) is 5.73 Å². The van der Waals surface area contributed by atoms with Crippen molar-refractivity contribution < 1.29 is 0 Å². The average Bonchev–Trinajstić information content (AvgIpc) is 3.15. The summed E-state index contributed by atoms with van der Waals surface area (Å²) in [7, 11) is 0. The van der Waals surface area contributed by atoms with Crippen LogP contribution < -0.4 is 20.5 Å². The van der Waals surface area contributed by atoms with Crippen molar-refractivity contribution in [3.63, 3.8) is 0 Å². The quantitative estimate of drug-likeness (QED) is 0.583. The molecule has 1 unspecified atom stereocenters. The maximum Gasteiger partial charge on any atom is 0.274 e. The fraction of sp³-hybridized carbons (Fsp3) is 0.125. The molecular formula is C24H18N4OS3. The summed E-state index contributed by atoms with van der Waals surface area (Å²) in [6.45, 7) is 0. The number of thiazole rings is 1. The minimum absolute atomic E-state index is 0.0825. The molecule has 5 nitrogen and oxygen atoms in total. The molecule has 0 spiro atoms. The topological polar surface area (TPSA) is 95.6 Å². The second kappa shape index (κ2) is 9.13. The first kappa shape index (κ1) is 22.0. The molecule has 1 aliphatic heterocycles. The van der Waals surface area contributed by atoms with Gasteiger partial charge < -0.3 is 5.73 Å². The van der Waals surface area contributed by atoms with E-state index in [1.165, 1.54) is 15.9 Å². The Morgan fingerprint density at radius 2 is 1.53 bits per heavy atom. The zero-order valence-corrected chi connectivity index (χ0v) is 19.8. The monoisotopic (exact) mass is 474 g/mol. The molecule has 8 heteroatoms. The van der Waals surface area contributed by atoms with Crippen molar-refractivity contribution in [1.82, 2.24) is 4.57 Å². The van der Waals surface area contributed by atoms with E-state index in [4.69, 9.17) is 5.73 Å². The van der Waals surface area contributed by atoms with Crippen LogP contribution in [0.1, 0.15) is 17.0 Å². The van der Waals surface area contributed by atoms with E-state index in [0.29, 0.717) is 14.8 Å². The van der Waals surface area contributed by atoms with Crippen molar-refractivity contribution >= 4 is 52.3 Å². The lowest BCUT2D eigenvalue weighted by Gasteiger charge is -2.22. The maximum absolute atomic E-state index is 13.2. The summed E-state index contributed by atoms with van der Waals surface area (Å²) >= 11 is 4.48. The largest absolute Gasteiger partial charge is 0.384 e. The van der Waals surface area contributed by atoms with E-state index in [9.17, 15) is 15.3 Å². The molecule has 158 valence electrons. The van der Waals surface area contributed by atoms with Crippen molar-refractivity contribution in [2.45, 2.75) is 15.7 Å². The van der Waals surface area contributed by atoms with Gasteiger partial charge in [0.15, 0.2) is 0 Å². The Bertz CT molecular complexity index is 1480. The molecule has 0 aliphatic carbocycles. The number of hydrogen-bond donors (Lipinski definition) is 1. The van der Waals surface area contributed by atoms with Crippen LogP contribution in [0, 0.1) is 22.7 Å².